The molecular formula is C25H22ClN3O3S. The van der Waals surface area contributed by atoms with Gasteiger partial charge >= 0.3 is 0 Å². The van der Waals surface area contributed by atoms with Crippen molar-refractivity contribution in [2.24, 2.45) is 0 Å². The Morgan fingerprint density at radius 1 is 1.06 bits per heavy atom. The van der Waals surface area contributed by atoms with Gasteiger partial charge in [-0.05, 0) is 80.1 Å². The Labute approximate surface area is 201 Å². The molecule has 3 amide bonds. The molecule has 0 bridgehead atoms. The van der Waals surface area contributed by atoms with Crippen molar-refractivity contribution < 1.29 is 14.4 Å². The predicted molar refractivity (Wildman–Crippen MR) is 133 cm³/mol. The number of carbonyl (C=O) groups excluding carboxylic acids is 3. The lowest BCUT2D eigenvalue weighted by molar-refractivity contribution is -0.127. The maximum absolute atomic E-state index is 12.9. The Kier molecular flexibility index (Phi) is 6.44. The minimum atomic E-state index is -0.480. The highest BCUT2D eigenvalue weighted by atomic mass is 35.5. The lowest BCUT2D eigenvalue weighted by atomic mass is 10.2. The SMILES string of the molecule is Cc1ccc(NC(=O)CN2C(=O)S/C(=C/c3cc(C)n(-c4ccccc4)c3C)C2=O)cc1Cl. The van der Waals surface area contributed by atoms with Crippen LogP contribution in [0.15, 0.2) is 59.5 Å². The zero-order valence-electron chi connectivity index (χ0n) is 18.4. The third kappa shape index (κ3) is 4.74. The molecule has 168 valence electrons. The number of halogens is 1. The first-order chi connectivity index (χ1) is 15.7. The minimum Gasteiger partial charge on any atom is -0.324 e. The molecule has 1 aliphatic heterocycles. The Morgan fingerprint density at radius 3 is 2.48 bits per heavy atom. The molecule has 3 aromatic rings. The van der Waals surface area contributed by atoms with Crippen molar-refractivity contribution in [1.29, 1.82) is 0 Å². The van der Waals surface area contributed by atoms with E-state index in [2.05, 4.69) is 9.88 Å². The molecule has 0 aliphatic carbocycles. The maximum atomic E-state index is 12.9. The first-order valence-electron chi connectivity index (χ1n) is 10.3. The Bertz CT molecular complexity index is 1300. The molecule has 0 saturated carbocycles. The van der Waals surface area contributed by atoms with Crippen LogP contribution in [-0.2, 0) is 9.59 Å². The molecular weight excluding hydrogens is 458 g/mol. The van der Waals surface area contributed by atoms with Gasteiger partial charge in [0.1, 0.15) is 6.54 Å². The molecule has 1 aliphatic rings. The number of carbonyl (C=O) groups is 3. The summed E-state index contributed by atoms with van der Waals surface area (Å²) in [5.74, 6) is -0.952. The van der Waals surface area contributed by atoms with E-state index in [9.17, 15) is 14.4 Å². The number of thioether (sulfide) groups is 1. The van der Waals surface area contributed by atoms with Crippen LogP contribution in [0.25, 0.3) is 11.8 Å². The van der Waals surface area contributed by atoms with Crippen molar-refractivity contribution in [2.75, 3.05) is 11.9 Å². The number of nitrogens with zero attached hydrogens (tertiary/aromatic N) is 2. The normalized spacial score (nSPS) is 14.9. The van der Waals surface area contributed by atoms with Crippen LogP contribution in [0, 0.1) is 20.8 Å². The molecule has 0 atom stereocenters. The Hall–Kier alpha value is -3.29. The summed E-state index contributed by atoms with van der Waals surface area (Å²) in [7, 11) is 0. The van der Waals surface area contributed by atoms with Crippen molar-refractivity contribution in [3.8, 4) is 5.69 Å². The monoisotopic (exact) mass is 479 g/mol. The highest BCUT2D eigenvalue weighted by molar-refractivity contribution is 8.18. The van der Waals surface area contributed by atoms with Crippen molar-refractivity contribution in [2.45, 2.75) is 20.8 Å². The number of aryl methyl sites for hydroxylation is 2. The first-order valence-corrected chi connectivity index (χ1v) is 11.5. The van der Waals surface area contributed by atoms with Gasteiger partial charge in [-0.2, -0.15) is 0 Å². The van der Waals surface area contributed by atoms with Crippen LogP contribution in [0.2, 0.25) is 5.02 Å². The zero-order chi connectivity index (χ0) is 23.7. The zero-order valence-corrected chi connectivity index (χ0v) is 20.0. The van der Waals surface area contributed by atoms with E-state index in [-0.39, 0.29) is 6.54 Å². The van der Waals surface area contributed by atoms with E-state index < -0.39 is 17.1 Å². The summed E-state index contributed by atoms with van der Waals surface area (Å²) in [5, 5.41) is 2.73. The number of hydrogen-bond acceptors (Lipinski definition) is 4. The molecule has 1 aromatic heterocycles. The molecule has 0 radical (unpaired) electrons. The molecule has 0 spiro atoms. The molecule has 1 N–H and O–H groups in total. The summed E-state index contributed by atoms with van der Waals surface area (Å²) in [6, 6.07) is 17.0. The molecule has 2 aromatic carbocycles. The maximum Gasteiger partial charge on any atom is 0.294 e. The fourth-order valence-corrected chi connectivity index (χ4v) is 4.71. The minimum absolute atomic E-state index is 0.291. The average molecular weight is 480 g/mol. The highest BCUT2D eigenvalue weighted by Crippen LogP contribution is 2.33. The van der Waals surface area contributed by atoms with Crippen LogP contribution in [0.4, 0.5) is 10.5 Å². The number of imide groups is 1. The molecule has 0 unspecified atom stereocenters. The van der Waals surface area contributed by atoms with E-state index >= 15 is 0 Å². The second-order valence-corrected chi connectivity index (χ2v) is 9.18. The third-order valence-corrected chi connectivity index (χ3v) is 6.72. The number of para-hydroxylation sites is 1. The number of nitrogens with one attached hydrogen (secondary N) is 1. The lowest BCUT2D eigenvalue weighted by Gasteiger charge is -2.13. The molecule has 33 heavy (non-hydrogen) atoms. The smallest absolute Gasteiger partial charge is 0.294 e. The van der Waals surface area contributed by atoms with Crippen LogP contribution in [0.3, 0.4) is 0 Å². The van der Waals surface area contributed by atoms with E-state index in [0.29, 0.717) is 15.6 Å². The van der Waals surface area contributed by atoms with Crippen LogP contribution >= 0.6 is 23.4 Å². The van der Waals surface area contributed by atoms with Gasteiger partial charge in [-0.1, -0.05) is 35.9 Å². The molecule has 8 heteroatoms. The van der Waals surface area contributed by atoms with Gasteiger partial charge in [0, 0.05) is 27.8 Å². The van der Waals surface area contributed by atoms with Gasteiger partial charge in [0.15, 0.2) is 0 Å². The van der Waals surface area contributed by atoms with E-state index in [4.69, 9.17) is 11.6 Å². The average Bonchev–Trinajstić information content (AvgIpc) is 3.20. The molecule has 4 rings (SSSR count). The summed E-state index contributed by atoms with van der Waals surface area (Å²) >= 11 is 6.93. The van der Waals surface area contributed by atoms with Crippen LogP contribution in [0.5, 0.6) is 0 Å². The Balaban J connectivity index is 1.51. The number of anilines is 1. The summed E-state index contributed by atoms with van der Waals surface area (Å²) in [4.78, 5) is 39.1. The van der Waals surface area contributed by atoms with Crippen molar-refractivity contribution in [1.82, 2.24) is 9.47 Å². The van der Waals surface area contributed by atoms with Gasteiger partial charge < -0.3 is 9.88 Å². The fraction of sp³-hybridized carbons (Fsp3) is 0.160. The molecule has 1 fully saturated rings. The third-order valence-electron chi connectivity index (χ3n) is 5.40. The van der Waals surface area contributed by atoms with Crippen molar-refractivity contribution >= 4 is 52.2 Å². The quantitative estimate of drug-likeness (QED) is 0.474. The summed E-state index contributed by atoms with van der Waals surface area (Å²) in [6.07, 6.45) is 1.71. The molecule has 1 saturated heterocycles. The second-order valence-electron chi connectivity index (χ2n) is 7.78. The summed E-state index contributed by atoms with van der Waals surface area (Å²) in [5.41, 5.74) is 5.23. The standard InChI is InChI=1S/C25H22ClN3O3S/c1-15-9-10-19(13-21(15)26)27-23(30)14-28-24(31)22(33-25(28)32)12-18-11-16(2)29(17(18)3)20-7-5-4-6-8-20/h4-13H,14H2,1-3H3,(H,27,30)/b22-12+. The first kappa shape index (κ1) is 22.9. The van der Waals surface area contributed by atoms with E-state index in [1.54, 1.807) is 24.3 Å². The van der Waals surface area contributed by atoms with Gasteiger partial charge in [0.25, 0.3) is 11.1 Å². The molecule has 2 heterocycles. The fourth-order valence-electron chi connectivity index (χ4n) is 3.70. The highest BCUT2D eigenvalue weighted by Gasteiger charge is 2.36. The van der Waals surface area contributed by atoms with Gasteiger partial charge in [-0.3, -0.25) is 19.3 Å². The summed E-state index contributed by atoms with van der Waals surface area (Å²) in [6.45, 7) is 5.45. The van der Waals surface area contributed by atoms with Crippen molar-refractivity contribution in [3.05, 3.63) is 87.0 Å². The van der Waals surface area contributed by atoms with Crippen LogP contribution in [-0.4, -0.2) is 33.1 Å². The number of benzene rings is 2. The Morgan fingerprint density at radius 2 is 1.79 bits per heavy atom. The predicted octanol–water partition coefficient (Wildman–Crippen LogP) is 5.73. The van der Waals surface area contributed by atoms with E-state index in [1.165, 1.54) is 0 Å². The van der Waals surface area contributed by atoms with Crippen LogP contribution in [0.1, 0.15) is 22.5 Å². The molecule has 6 nitrogen and oxygen atoms in total. The largest absolute Gasteiger partial charge is 0.324 e. The van der Waals surface area contributed by atoms with E-state index in [0.717, 1.165) is 44.9 Å². The number of aromatic nitrogens is 1. The van der Waals surface area contributed by atoms with Gasteiger partial charge in [-0.15, -0.1) is 0 Å². The topological polar surface area (TPSA) is 71.4 Å². The van der Waals surface area contributed by atoms with Crippen molar-refractivity contribution in [3.63, 3.8) is 0 Å². The second kappa shape index (κ2) is 9.29. The van der Waals surface area contributed by atoms with E-state index in [1.807, 2.05) is 57.2 Å². The van der Waals surface area contributed by atoms with Crippen LogP contribution < -0.4 is 5.32 Å². The van der Waals surface area contributed by atoms with Gasteiger partial charge in [0.2, 0.25) is 5.91 Å². The lowest BCUT2D eigenvalue weighted by Crippen LogP contribution is -2.36. The summed E-state index contributed by atoms with van der Waals surface area (Å²) < 4.78 is 2.09. The number of rotatable bonds is 5. The van der Waals surface area contributed by atoms with Gasteiger partial charge in [0.05, 0.1) is 4.91 Å². The number of amides is 3. The van der Waals surface area contributed by atoms with Gasteiger partial charge in [-0.25, -0.2) is 0 Å². The number of hydrogen-bond donors (Lipinski definition) is 1.